The molecular formula is C17H20ClNO5S. The van der Waals surface area contributed by atoms with E-state index in [9.17, 15) is 8.42 Å². The molecule has 0 amide bonds. The van der Waals surface area contributed by atoms with Crippen molar-refractivity contribution in [3.63, 3.8) is 0 Å². The second-order valence-electron chi connectivity index (χ2n) is 5.20. The Hall–Kier alpha value is -1.96. The first-order chi connectivity index (χ1) is 11.9. The zero-order chi connectivity index (χ0) is 18.4. The number of rotatable bonds is 8. The number of ether oxygens (including phenoxy) is 3. The van der Waals surface area contributed by atoms with Gasteiger partial charge in [0.15, 0.2) is 11.5 Å². The molecule has 0 bridgehead atoms. The summed E-state index contributed by atoms with van der Waals surface area (Å²) in [5.41, 5.74) is 1.04. The number of hydrogen-bond acceptors (Lipinski definition) is 5. The lowest BCUT2D eigenvalue weighted by Crippen LogP contribution is -2.28. The van der Waals surface area contributed by atoms with E-state index < -0.39 is 10.0 Å². The van der Waals surface area contributed by atoms with Crippen molar-refractivity contribution < 1.29 is 22.6 Å². The van der Waals surface area contributed by atoms with Crippen molar-refractivity contribution in [2.45, 2.75) is 11.8 Å². The van der Waals surface area contributed by atoms with Gasteiger partial charge < -0.3 is 14.2 Å². The predicted molar refractivity (Wildman–Crippen MR) is 96.4 cm³/mol. The van der Waals surface area contributed by atoms with Crippen molar-refractivity contribution >= 4 is 21.6 Å². The van der Waals surface area contributed by atoms with Crippen LogP contribution in [0.25, 0.3) is 0 Å². The third kappa shape index (κ3) is 5.01. The lowest BCUT2D eigenvalue weighted by Gasteiger charge is -2.13. The summed E-state index contributed by atoms with van der Waals surface area (Å²) >= 11 is 5.88. The van der Waals surface area contributed by atoms with Gasteiger partial charge in [0.2, 0.25) is 10.0 Å². The molecule has 25 heavy (non-hydrogen) atoms. The van der Waals surface area contributed by atoms with E-state index in [0.29, 0.717) is 16.5 Å². The third-order valence-corrected chi connectivity index (χ3v) is 5.10. The minimum atomic E-state index is -3.77. The van der Waals surface area contributed by atoms with E-state index in [1.165, 1.54) is 19.2 Å². The first-order valence-corrected chi connectivity index (χ1v) is 9.34. The number of methoxy groups -OCH3 is 2. The number of hydrogen-bond donors (Lipinski definition) is 1. The quantitative estimate of drug-likeness (QED) is 0.707. The van der Waals surface area contributed by atoms with Crippen LogP contribution in [0, 0.1) is 6.92 Å². The summed E-state index contributed by atoms with van der Waals surface area (Å²) in [6, 6.07) is 9.92. The van der Waals surface area contributed by atoms with Gasteiger partial charge in [0.05, 0.1) is 14.2 Å². The molecule has 0 radical (unpaired) electrons. The molecule has 2 aromatic rings. The Labute approximate surface area is 152 Å². The summed E-state index contributed by atoms with van der Waals surface area (Å²) < 4.78 is 43.2. The van der Waals surface area contributed by atoms with Crippen LogP contribution >= 0.6 is 11.6 Å². The zero-order valence-corrected chi connectivity index (χ0v) is 15.8. The van der Waals surface area contributed by atoms with Crippen LogP contribution < -0.4 is 18.9 Å². The first kappa shape index (κ1) is 19.4. The molecule has 2 rings (SSSR count). The summed E-state index contributed by atoms with van der Waals surface area (Å²) in [5.74, 6) is 1.37. The highest BCUT2D eigenvalue weighted by molar-refractivity contribution is 7.89. The van der Waals surface area contributed by atoms with Crippen LogP contribution in [0.1, 0.15) is 5.56 Å². The smallest absolute Gasteiger partial charge is 0.244 e. The van der Waals surface area contributed by atoms with Crippen molar-refractivity contribution in [3.8, 4) is 17.2 Å². The Bertz CT molecular complexity index is 839. The summed E-state index contributed by atoms with van der Waals surface area (Å²) in [5, 5.41) is 0.307. The molecule has 0 atom stereocenters. The standard InChI is InChI=1S/C17H20ClNO5S/c1-12-4-6-14(16(10-12)23-3)24-9-8-19-25(20,21)17-11-13(18)5-7-15(17)22-2/h4-7,10-11,19H,8-9H2,1-3H3. The fourth-order valence-corrected chi connectivity index (χ4v) is 3.61. The molecule has 0 aliphatic heterocycles. The summed E-state index contributed by atoms with van der Waals surface area (Å²) in [6.45, 7) is 2.16. The molecule has 0 saturated carbocycles. The first-order valence-electron chi connectivity index (χ1n) is 7.48. The van der Waals surface area contributed by atoms with Crippen LogP contribution in [0.15, 0.2) is 41.3 Å². The average Bonchev–Trinajstić information content (AvgIpc) is 2.59. The van der Waals surface area contributed by atoms with E-state index in [0.717, 1.165) is 5.56 Å². The van der Waals surface area contributed by atoms with Gasteiger partial charge >= 0.3 is 0 Å². The van der Waals surface area contributed by atoms with Gasteiger partial charge in [-0.25, -0.2) is 13.1 Å². The largest absolute Gasteiger partial charge is 0.495 e. The molecule has 136 valence electrons. The molecule has 0 aromatic heterocycles. The molecule has 0 aliphatic carbocycles. The van der Waals surface area contributed by atoms with Crippen molar-refractivity contribution in [2.24, 2.45) is 0 Å². The lowest BCUT2D eigenvalue weighted by atomic mass is 10.2. The van der Waals surface area contributed by atoms with Gasteiger partial charge in [-0.15, -0.1) is 0 Å². The van der Waals surface area contributed by atoms with Crippen LogP contribution in [0.4, 0.5) is 0 Å². The van der Waals surface area contributed by atoms with Crippen molar-refractivity contribution in [3.05, 3.63) is 47.0 Å². The monoisotopic (exact) mass is 385 g/mol. The Morgan fingerprint density at radius 1 is 1.00 bits per heavy atom. The number of nitrogens with one attached hydrogen (secondary N) is 1. The van der Waals surface area contributed by atoms with E-state index in [-0.39, 0.29) is 23.8 Å². The van der Waals surface area contributed by atoms with Crippen LogP contribution in [-0.2, 0) is 10.0 Å². The van der Waals surface area contributed by atoms with Gasteiger partial charge in [-0.1, -0.05) is 17.7 Å². The SMILES string of the molecule is COc1cc(C)ccc1OCCNS(=O)(=O)c1cc(Cl)ccc1OC. The Balaban J connectivity index is 2.01. The van der Waals surface area contributed by atoms with Crippen LogP contribution in [0.5, 0.6) is 17.2 Å². The highest BCUT2D eigenvalue weighted by Crippen LogP contribution is 2.28. The van der Waals surface area contributed by atoms with Crippen molar-refractivity contribution in [1.82, 2.24) is 4.72 Å². The minimum absolute atomic E-state index is 0.0181. The Kier molecular flexibility index (Phi) is 6.52. The van der Waals surface area contributed by atoms with Crippen molar-refractivity contribution in [1.29, 1.82) is 0 Å². The highest BCUT2D eigenvalue weighted by Gasteiger charge is 2.19. The number of halogens is 1. The van der Waals surface area contributed by atoms with E-state index in [1.54, 1.807) is 19.2 Å². The van der Waals surface area contributed by atoms with Gasteiger partial charge in [0, 0.05) is 11.6 Å². The maximum absolute atomic E-state index is 12.4. The Morgan fingerprint density at radius 3 is 2.36 bits per heavy atom. The van der Waals surface area contributed by atoms with Gasteiger partial charge in [-0.05, 0) is 42.8 Å². The zero-order valence-electron chi connectivity index (χ0n) is 14.2. The summed E-state index contributed by atoms with van der Waals surface area (Å²) in [6.07, 6.45) is 0. The second kappa shape index (κ2) is 8.42. The lowest BCUT2D eigenvalue weighted by molar-refractivity contribution is 0.298. The molecular weight excluding hydrogens is 366 g/mol. The Morgan fingerprint density at radius 2 is 1.68 bits per heavy atom. The van der Waals surface area contributed by atoms with Gasteiger partial charge in [0.1, 0.15) is 17.3 Å². The summed E-state index contributed by atoms with van der Waals surface area (Å²) in [7, 11) is -0.824. The molecule has 1 N–H and O–H groups in total. The molecule has 2 aromatic carbocycles. The molecule has 0 fully saturated rings. The fraction of sp³-hybridized carbons (Fsp3) is 0.294. The molecule has 0 saturated heterocycles. The normalized spacial score (nSPS) is 11.2. The topological polar surface area (TPSA) is 73.9 Å². The molecule has 0 heterocycles. The highest BCUT2D eigenvalue weighted by atomic mass is 35.5. The van der Waals surface area contributed by atoms with Crippen LogP contribution in [0.3, 0.4) is 0 Å². The molecule has 6 nitrogen and oxygen atoms in total. The maximum Gasteiger partial charge on any atom is 0.244 e. The number of benzene rings is 2. The maximum atomic E-state index is 12.4. The minimum Gasteiger partial charge on any atom is -0.495 e. The number of aryl methyl sites for hydroxylation is 1. The molecule has 0 spiro atoms. The van der Waals surface area contributed by atoms with Gasteiger partial charge in [-0.2, -0.15) is 0 Å². The van der Waals surface area contributed by atoms with Crippen molar-refractivity contribution in [2.75, 3.05) is 27.4 Å². The molecule has 0 aliphatic rings. The van der Waals surface area contributed by atoms with Crippen LogP contribution in [-0.4, -0.2) is 35.8 Å². The average molecular weight is 386 g/mol. The van der Waals surface area contributed by atoms with Gasteiger partial charge in [0.25, 0.3) is 0 Å². The third-order valence-electron chi connectivity index (χ3n) is 3.39. The molecule has 8 heteroatoms. The van der Waals surface area contributed by atoms with Crippen LogP contribution in [0.2, 0.25) is 5.02 Å². The van der Waals surface area contributed by atoms with E-state index in [2.05, 4.69) is 4.72 Å². The van der Waals surface area contributed by atoms with E-state index >= 15 is 0 Å². The number of sulfonamides is 1. The van der Waals surface area contributed by atoms with E-state index in [4.69, 9.17) is 25.8 Å². The summed E-state index contributed by atoms with van der Waals surface area (Å²) in [4.78, 5) is -0.0181. The van der Waals surface area contributed by atoms with E-state index in [1.807, 2.05) is 19.1 Å². The molecule has 0 unspecified atom stereocenters. The van der Waals surface area contributed by atoms with Gasteiger partial charge in [-0.3, -0.25) is 0 Å². The predicted octanol–water partition coefficient (Wildman–Crippen LogP) is 3.02. The second-order valence-corrected chi connectivity index (χ2v) is 7.37. The fourth-order valence-electron chi connectivity index (χ4n) is 2.17.